The van der Waals surface area contributed by atoms with Crippen LogP contribution in [-0.4, -0.2) is 5.78 Å². The van der Waals surface area contributed by atoms with E-state index in [1.807, 2.05) is 6.08 Å². The standard InChI is InChI=1S/C10H14O/c1-7-6-10(11)9-5-3-2-4-8(7)9/h6,8-9H,2-5H2,1H3/t8-,9-/m0/s1. The lowest BCUT2D eigenvalue weighted by atomic mass is 9.79. The van der Waals surface area contributed by atoms with Gasteiger partial charge in [-0.2, -0.15) is 0 Å². The number of ketones is 1. The maximum Gasteiger partial charge on any atom is 0.159 e. The van der Waals surface area contributed by atoms with E-state index in [-0.39, 0.29) is 0 Å². The van der Waals surface area contributed by atoms with Gasteiger partial charge in [0.05, 0.1) is 0 Å². The van der Waals surface area contributed by atoms with Crippen molar-refractivity contribution in [1.82, 2.24) is 0 Å². The van der Waals surface area contributed by atoms with Gasteiger partial charge >= 0.3 is 0 Å². The molecule has 0 aromatic rings. The molecular weight excluding hydrogens is 136 g/mol. The summed E-state index contributed by atoms with van der Waals surface area (Å²) < 4.78 is 0. The smallest absolute Gasteiger partial charge is 0.159 e. The third-order valence-corrected chi connectivity index (χ3v) is 3.09. The van der Waals surface area contributed by atoms with E-state index in [1.54, 1.807) is 0 Å². The molecule has 0 heterocycles. The van der Waals surface area contributed by atoms with Crippen molar-refractivity contribution in [2.75, 3.05) is 0 Å². The number of carbonyl (C=O) groups is 1. The van der Waals surface area contributed by atoms with Crippen LogP contribution in [0.5, 0.6) is 0 Å². The zero-order valence-corrected chi connectivity index (χ0v) is 6.97. The van der Waals surface area contributed by atoms with Gasteiger partial charge < -0.3 is 0 Å². The second-order valence-corrected chi connectivity index (χ2v) is 3.79. The Morgan fingerprint density at radius 3 is 2.55 bits per heavy atom. The zero-order valence-electron chi connectivity index (χ0n) is 6.97. The molecule has 0 aromatic heterocycles. The van der Waals surface area contributed by atoms with Crippen LogP contribution >= 0.6 is 0 Å². The first-order chi connectivity index (χ1) is 5.29. The van der Waals surface area contributed by atoms with Crippen molar-refractivity contribution in [2.24, 2.45) is 11.8 Å². The number of hydrogen-bond donors (Lipinski definition) is 0. The fourth-order valence-electron chi connectivity index (χ4n) is 2.45. The molecule has 1 fully saturated rings. The molecule has 0 amide bonds. The maximum atomic E-state index is 11.3. The Labute approximate surface area is 67.5 Å². The summed E-state index contributed by atoms with van der Waals surface area (Å²) in [6.45, 7) is 2.11. The quantitative estimate of drug-likeness (QED) is 0.518. The second-order valence-electron chi connectivity index (χ2n) is 3.79. The SMILES string of the molecule is CC1=CC(=O)[C@H]2CCCC[C@@H]12. The number of hydrogen-bond acceptors (Lipinski definition) is 1. The highest BCUT2D eigenvalue weighted by molar-refractivity contribution is 5.95. The van der Waals surface area contributed by atoms with Crippen LogP contribution in [0.2, 0.25) is 0 Å². The van der Waals surface area contributed by atoms with E-state index in [1.165, 1.54) is 24.8 Å². The fraction of sp³-hybridized carbons (Fsp3) is 0.700. The van der Waals surface area contributed by atoms with Crippen molar-refractivity contribution in [3.63, 3.8) is 0 Å². The average molecular weight is 150 g/mol. The van der Waals surface area contributed by atoms with Gasteiger partial charge in [-0.25, -0.2) is 0 Å². The first-order valence-corrected chi connectivity index (χ1v) is 4.51. The number of fused-ring (bicyclic) bond motifs is 1. The molecule has 2 rings (SSSR count). The van der Waals surface area contributed by atoms with Crippen molar-refractivity contribution >= 4 is 5.78 Å². The number of allylic oxidation sites excluding steroid dienone is 2. The summed E-state index contributed by atoms with van der Waals surface area (Å²) in [4.78, 5) is 11.3. The summed E-state index contributed by atoms with van der Waals surface area (Å²) in [5.74, 6) is 1.40. The van der Waals surface area contributed by atoms with E-state index in [2.05, 4.69) is 6.92 Å². The van der Waals surface area contributed by atoms with Gasteiger partial charge in [0, 0.05) is 5.92 Å². The molecule has 1 nitrogen and oxygen atoms in total. The Morgan fingerprint density at radius 1 is 1.27 bits per heavy atom. The molecule has 0 saturated heterocycles. The Morgan fingerprint density at radius 2 is 1.91 bits per heavy atom. The van der Waals surface area contributed by atoms with Crippen LogP contribution in [0.4, 0.5) is 0 Å². The molecule has 60 valence electrons. The molecule has 0 N–H and O–H groups in total. The molecule has 0 aromatic carbocycles. The molecule has 2 aliphatic rings. The lowest BCUT2D eigenvalue weighted by Gasteiger charge is -2.25. The van der Waals surface area contributed by atoms with Crippen LogP contribution in [0.15, 0.2) is 11.6 Å². The van der Waals surface area contributed by atoms with E-state index in [0.29, 0.717) is 17.6 Å². The third-order valence-electron chi connectivity index (χ3n) is 3.09. The van der Waals surface area contributed by atoms with Crippen molar-refractivity contribution in [2.45, 2.75) is 32.6 Å². The van der Waals surface area contributed by atoms with Gasteiger partial charge in [-0.1, -0.05) is 18.4 Å². The van der Waals surface area contributed by atoms with E-state index in [9.17, 15) is 4.79 Å². The van der Waals surface area contributed by atoms with Crippen LogP contribution < -0.4 is 0 Å². The molecule has 0 aliphatic heterocycles. The van der Waals surface area contributed by atoms with Crippen molar-refractivity contribution < 1.29 is 4.79 Å². The Balaban J connectivity index is 2.21. The van der Waals surface area contributed by atoms with Crippen LogP contribution in [0.1, 0.15) is 32.6 Å². The van der Waals surface area contributed by atoms with E-state index in [4.69, 9.17) is 0 Å². The van der Waals surface area contributed by atoms with Crippen molar-refractivity contribution in [3.05, 3.63) is 11.6 Å². The normalized spacial score (nSPS) is 36.8. The van der Waals surface area contributed by atoms with Gasteiger partial charge in [-0.05, 0) is 31.8 Å². The highest BCUT2D eigenvalue weighted by Gasteiger charge is 2.35. The Hall–Kier alpha value is -0.590. The maximum absolute atomic E-state index is 11.3. The van der Waals surface area contributed by atoms with Crippen LogP contribution in [0.25, 0.3) is 0 Å². The van der Waals surface area contributed by atoms with E-state index in [0.717, 1.165) is 6.42 Å². The number of carbonyl (C=O) groups excluding carboxylic acids is 1. The van der Waals surface area contributed by atoms with Gasteiger partial charge in [0.15, 0.2) is 5.78 Å². The van der Waals surface area contributed by atoms with E-state index >= 15 is 0 Å². The molecule has 1 heteroatoms. The van der Waals surface area contributed by atoms with Gasteiger partial charge in [0.2, 0.25) is 0 Å². The van der Waals surface area contributed by atoms with E-state index < -0.39 is 0 Å². The molecule has 2 atom stereocenters. The minimum Gasteiger partial charge on any atom is -0.295 e. The van der Waals surface area contributed by atoms with Gasteiger partial charge in [0.1, 0.15) is 0 Å². The van der Waals surface area contributed by atoms with Crippen molar-refractivity contribution in [3.8, 4) is 0 Å². The summed E-state index contributed by atoms with van der Waals surface area (Å²) >= 11 is 0. The molecule has 0 radical (unpaired) electrons. The van der Waals surface area contributed by atoms with Crippen LogP contribution in [0.3, 0.4) is 0 Å². The Bertz CT molecular complexity index is 215. The predicted molar refractivity (Wildman–Crippen MR) is 44.2 cm³/mol. The Kier molecular flexibility index (Phi) is 1.59. The first-order valence-electron chi connectivity index (χ1n) is 4.51. The van der Waals surface area contributed by atoms with Crippen LogP contribution in [0, 0.1) is 11.8 Å². The monoisotopic (exact) mass is 150 g/mol. The molecule has 0 bridgehead atoms. The molecule has 0 spiro atoms. The third kappa shape index (κ3) is 1.03. The summed E-state index contributed by atoms with van der Waals surface area (Å²) in [7, 11) is 0. The molecule has 2 aliphatic carbocycles. The predicted octanol–water partition coefficient (Wildman–Crippen LogP) is 2.32. The van der Waals surface area contributed by atoms with Crippen molar-refractivity contribution in [1.29, 1.82) is 0 Å². The van der Waals surface area contributed by atoms with Crippen LogP contribution in [-0.2, 0) is 4.79 Å². The second kappa shape index (κ2) is 2.47. The summed E-state index contributed by atoms with van der Waals surface area (Å²) in [6, 6.07) is 0. The average Bonchev–Trinajstić information content (AvgIpc) is 2.30. The molecule has 1 saturated carbocycles. The molecule has 11 heavy (non-hydrogen) atoms. The first kappa shape index (κ1) is 7.08. The summed E-state index contributed by atoms with van der Waals surface area (Å²) in [5.41, 5.74) is 1.33. The lowest BCUT2D eigenvalue weighted by molar-refractivity contribution is -0.119. The topological polar surface area (TPSA) is 17.1 Å². The molecule has 0 unspecified atom stereocenters. The largest absolute Gasteiger partial charge is 0.295 e. The lowest BCUT2D eigenvalue weighted by Crippen LogP contribution is -2.20. The minimum absolute atomic E-state index is 0.378. The fourth-order valence-corrected chi connectivity index (χ4v) is 2.45. The number of rotatable bonds is 0. The highest BCUT2D eigenvalue weighted by Crippen LogP contribution is 2.39. The zero-order chi connectivity index (χ0) is 7.84. The highest BCUT2D eigenvalue weighted by atomic mass is 16.1. The van der Waals surface area contributed by atoms with Gasteiger partial charge in [0.25, 0.3) is 0 Å². The minimum atomic E-state index is 0.378. The summed E-state index contributed by atoms with van der Waals surface area (Å²) in [6.07, 6.45) is 6.82. The van der Waals surface area contributed by atoms with Gasteiger partial charge in [-0.15, -0.1) is 0 Å². The van der Waals surface area contributed by atoms with Gasteiger partial charge in [-0.3, -0.25) is 4.79 Å². The molecular formula is C10H14O. The summed E-state index contributed by atoms with van der Waals surface area (Å²) in [5, 5.41) is 0.